The van der Waals surface area contributed by atoms with Gasteiger partial charge in [-0.2, -0.15) is 0 Å². The highest BCUT2D eigenvalue weighted by Gasteiger charge is 2.37. The van der Waals surface area contributed by atoms with Gasteiger partial charge < -0.3 is 15.0 Å². The van der Waals surface area contributed by atoms with Crippen molar-refractivity contribution in [3.05, 3.63) is 0 Å². The fraction of sp³-hybridized carbons (Fsp3) is 0.933. The number of likely N-dealkylation sites (tertiary alicyclic amines) is 1. The Bertz CT molecular complexity index is 312. The second kappa shape index (κ2) is 5.80. The molecule has 2 aliphatic heterocycles. The van der Waals surface area contributed by atoms with Crippen LogP contribution in [0.15, 0.2) is 0 Å². The Kier molecular flexibility index (Phi) is 4.08. The van der Waals surface area contributed by atoms with E-state index in [0.29, 0.717) is 18.4 Å². The van der Waals surface area contributed by atoms with Crippen LogP contribution in [0.4, 0.5) is 0 Å². The minimum absolute atomic E-state index is 0.289. The lowest BCUT2D eigenvalue weighted by atomic mass is 9.78. The van der Waals surface area contributed by atoms with Gasteiger partial charge in [0.05, 0.1) is 13.0 Å². The van der Waals surface area contributed by atoms with Crippen molar-refractivity contribution in [3.63, 3.8) is 0 Å². The van der Waals surface area contributed by atoms with Gasteiger partial charge in [0.25, 0.3) is 0 Å². The number of ether oxygens (including phenoxy) is 1. The number of piperidine rings is 1. The predicted octanol–water partition coefficient (Wildman–Crippen LogP) is 1.41. The molecule has 19 heavy (non-hydrogen) atoms. The summed E-state index contributed by atoms with van der Waals surface area (Å²) in [7, 11) is 0. The Morgan fingerprint density at radius 3 is 2.68 bits per heavy atom. The summed E-state index contributed by atoms with van der Waals surface area (Å²) >= 11 is 0. The second-order valence-electron chi connectivity index (χ2n) is 6.58. The zero-order chi connectivity index (χ0) is 13.1. The standard InChI is InChI=1S/C15H26N2O2/c18-14(3-10-19-11-13-1-2-13)17-8-5-15(6-9-17)4-7-16-12-15/h13,16H,1-12H2. The maximum atomic E-state index is 12.1. The van der Waals surface area contributed by atoms with E-state index in [1.54, 1.807) is 0 Å². The first-order valence-corrected chi connectivity index (χ1v) is 7.84. The second-order valence-corrected chi connectivity index (χ2v) is 6.58. The molecule has 2 saturated heterocycles. The third-order valence-electron chi connectivity index (χ3n) is 5.02. The minimum atomic E-state index is 0.289. The zero-order valence-electron chi connectivity index (χ0n) is 11.8. The monoisotopic (exact) mass is 266 g/mol. The number of nitrogens with one attached hydrogen (secondary N) is 1. The van der Waals surface area contributed by atoms with Crippen LogP contribution in [0.2, 0.25) is 0 Å². The molecule has 3 aliphatic rings. The summed E-state index contributed by atoms with van der Waals surface area (Å²) in [4.78, 5) is 14.1. The summed E-state index contributed by atoms with van der Waals surface area (Å²) in [5.41, 5.74) is 0.499. The SMILES string of the molecule is O=C(CCOCC1CC1)N1CCC2(CCNC2)CC1. The van der Waals surface area contributed by atoms with Gasteiger partial charge in [0.15, 0.2) is 0 Å². The molecule has 2 heterocycles. The number of hydrogen-bond acceptors (Lipinski definition) is 3. The molecule has 1 amide bonds. The molecule has 0 aromatic rings. The molecule has 0 radical (unpaired) electrons. The maximum Gasteiger partial charge on any atom is 0.224 e. The van der Waals surface area contributed by atoms with E-state index in [1.165, 1.54) is 32.1 Å². The van der Waals surface area contributed by atoms with Gasteiger partial charge in [-0.25, -0.2) is 0 Å². The van der Waals surface area contributed by atoms with Crippen molar-refractivity contribution in [1.82, 2.24) is 10.2 Å². The number of rotatable bonds is 5. The van der Waals surface area contributed by atoms with E-state index >= 15 is 0 Å². The molecular weight excluding hydrogens is 240 g/mol. The molecular formula is C15H26N2O2. The molecule has 108 valence electrons. The van der Waals surface area contributed by atoms with Crippen molar-refractivity contribution < 1.29 is 9.53 Å². The van der Waals surface area contributed by atoms with Crippen molar-refractivity contribution in [3.8, 4) is 0 Å². The molecule has 3 fully saturated rings. The molecule has 3 rings (SSSR count). The number of carbonyl (C=O) groups excluding carboxylic acids is 1. The van der Waals surface area contributed by atoms with Gasteiger partial charge >= 0.3 is 0 Å². The van der Waals surface area contributed by atoms with Crippen LogP contribution in [0.1, 0.15) is 38.5 Å². The molecule has 0 bridgehead atoms. The molecule has 0 aromatic carbocycles. The first kappa shape index (κ1) is 13.4. The average Bonchev–Trinajstić information content (AvgIpc) is 3.16. The number of carbonyl (C=O) groups is 1. The molecule has 1 saturated carbocycles. The van der Waals surface area contributed by atoms with Crippen molar-refractivity contribution in [2.75, 3.05) is 39.4 Å². The smallest absolute Gasteiger partial charge is 0.224 e. The highest BCUT2D eigenvalue weighted by molar-refractivity contribution is 5.76. The van der Waals surface area contributed by atoms with Gasteiger partial charge in [-0.3, -0.25) is 4.79 Å². The number of nitrogens with zero attached hydrogens (tertiary/aromatic N) is 1. The fourth-order valence-corrected chi connectivity index (χ4v) is 3.30. The first-order valence-electron chi connectivity index (χ1n) is 7.84. The Hall–Kier alpha value is -0.610. The van der Waals surface area contributed by atoms with Crippen LogP contribution in [0, 0.1) is 11.3 Å². The lowest BCUT2D eigenvalue weighted by molar-refractivity contribution is -0.134. The van der Waals surface area contributed by atoms with Crippen LogP contribution in [0.25, 0.3) is 0 Å². The van der Waals surface area contributed by atoms with Crippen LogP contribution in [-0.4, -0.2) is 50.2 Å². The molecule has 0 aromatic heterocycles. The lowest BCUT2D eigenvalue weighted by Gasteiger charge is -2.38. The van der Waals surface area contributed by atoms with Gasteiger partial charge in [-0.05, 0) is 50.0 Å². The van der Waals surface area contributed by atoms with Crippen LogP contribution in [-0.2, 0) is 9.53 Å². The Morgan fingerprint density at radius 1 is 1.26 bits per heavy atom. The molecule has 0 unspecified atom stereocenters. The summed E-state index contributed by atoms with van der Waals surface area (Å²) in [5.74, 6) is 1.08. The number of amides is 1. The van der Waals surface area contributed by atoms with E-state index in [2.05, 4.69) is 5.32 Å². The Balaban J connectivity index is 1.34. The predicted molar refractivity (Wildman–Crippen MR) is 73.9 cm³/mol. The summed E-state index contributed by atoms with van der Waals surface area (Å²) in [5, 5.41) is 3.46. The zero-order valence-corrected chi connectivity index (χ0v) is 11.8. The van der Waals surface area contributed by atoms with Crippen molar-refractivity contribution >= 4 is 5.91 Å². The van der Waals surface area contributed by atoms with Crippen molar-refractivity contribution in [2.24, 2.45) is 11.3 Å². The molecule has 1 N–H and O–H groups in total. The molecule has 0 atom stereocenters. The third kappa shape index (κ3) is 3.48. The van der Waals surface area contributed by atoms with Gasteiger partial charge in [0.2, 0.25) is 5.91 Å². The molecule has 1 aliphatic carbocycles. The molecule has 1 spiro atoms. The van der Waals surface area contributed by atoms with Crippen LogP contribution in [0.5, 0.6) is 0 Å². The fourth-order valence-electron chi connectivity index (χ4n) is 3.30. The average molecular weight is 266 g/mol. The van der Waals surface area contributed by atoms with Crippen molar-refractivity contribution in [2.45, 2.75) is 38.5 Å². The molecule has 4 nitrogen and oxygen atoms in total. The quantitative estimate of drug-likeness (QED) is 0.765. The van der Waals surface area contributed by atoms with Gasteiger partial charge in [0.1, 0.15) is 0 Å². The van der Waals surface area contributed by atoms with Gasteiger partial charge in [-0.15, -0.1) is 0 Å². The Labute approximate surface area is 115 Å². The highest BCUT2D eigenvalue weighted by atomic mass is 16.5. The lowest BCUT2D eigenvalue weighted by Crippen LogP contribution is -2.44. The Morgan fingerprint density at radius 2 is 2.05 bits per heavy atom. The summed E-state index contributed by atoms with van der Waals surface area (Å²) in [6.07, 6.45) is 6.84. The van der Waals surface area contributed by atoms with Gasteiger partial charge in [0, 0.05) is 26.2 Å². The van der Waals surface area contributed by atoms with E-state index in [0.717, 1.165) is 38.7 Å². The highest BCUT2D eigenvalue weighted by Crippen LogP contribution is 2.37. The molecule has 4 heteroatoms. The summed E-state index contributed by atoms with van der Waals surface area (Å²) < 4.78 is 5.55. The van der Waals surface area contributed by atoms with E-state index in [1.807, 2.05) is 4.90 Å². The minimum Gasteiger partial charge on any atom is -0.381 e. The summed E-state index contributed by atoms with van der Waals surface area (Å²) in [6, 6.07) is 0. The van der Waals surface area contributed by atoms with Gasteiger partial charge in [-0.1, -0.05) is 0 Å². The first-order chi connectivity index (χ1) is 9.27. The van der Waals surface area contributed by atoms with Crippen LogP contribution < -0.4 is 5.32 Å². The topological polar surface area (TPSA) is 41.6 Å². The summed E-state index contributed by atoms with van der Waals surface area (Å²) in [6.45, 7) is 5.68. The van der Waals surface area contributed by atoms with Crippen LogP contribution in [0.3, 0.4) is 0 Å². The number of hydrogen-bond donors (Lipinski definition) is 1. The van der Waals surface area contributed by atoms with Crippen molar-refractivity contribution in [1.29, 1.82) is 0 Å². The van der Waals surface area contributed by atoms with Crippen LogP contribution >= 0.6 is 0 Å². The van der Waals surface area contributed by atoms with E-state index < -0.39 is 0 Å². The van der Waals surface area contributed by atoms with E-state index in [4.69, 9.17) is 4.74 Å². The van der Waals surface area contributed by atoms with E-state index in [9.17, 15) is 4.79 Å². The third-order valence-corrected chi connectivity index (χ3v) is 5.02. The maximum absolute atomic E-state index is 12.1. The largest absolute Gasteiger partial charge is 0.381 e. The van der Waals surface area contributed by atoms with E-state index in [-0.39, 0.29) is 5.91 Å². The normalized spacial score (nSPS) is 26.0.